The smallest absolute Gasteiger partial charge is 0.242 e. The molecule has 31 heavy (non-hydrogen) atoms. The SMILES string of the molecule is CCN(CC)C(C(=O)NCc1ccc(CN2CC(C)OC(C)C2)cc1)c1ccccc1. The van der Waals surface area contributed by atoms with Crippen LogP contribution in [-0.2, 0) is 22.6 Å². The Hall–Kier alpha value is -2.21. The Labute approximate surface area is 187 Å². The fourth-order valence-electron chi connectivity index (χ4n) is 4.47. The van der Waals surface area contributed by atoms with Crippen LogP contribution in [-0.4, -0.2) is 54.1 Å². The number of likely N-dealkylation sites (N-methyl/N-ethyl adjacent to an activating group) is 1. The van der Waals surface area contributed by atoms with Gasteiger partial charge in [-0.25, -0.2) is 0 Å². The Balaban J connectivity index is 1.58. The Bertz CT molecular complexity index is 795. The van der Waals surface area contributed by atoms with E-state index in [1.165, 1.54) is 5.56 Å². The van der Waals surface area contributed by atoms with Crippen LogP contribution in [0.25, 0.3) is 0 Å². The largest absolute Gasteiger partial charge is 0.373 e. The average Bonchev–Trinajstić information content (AvgIpc) is 2.76. The fourth-order valence-corrected chi connectivity index (χ4v) is 4.47. The first-order chi connectivity index (χ1) is 15.0. The number of nitrogens with one attached hydrogen (secondary N) is 1. The van der Waals surface area contributed by atoms with Gasteiger partial charge in [0.1, 0.15) is 6.04 Å². The van der Waals surface area contributed by atoms with Crippen LogP contribution in [0.15, 0.2) is 54.6 Å². The number of amides is 1. The van der Waals surface area contributed by atoms with E-state index in [1.54, 1.807) is 0 Å². The van der Waals surface area contributed by atoms with E-state index < -0.39 is 0 Å². The van der Waals surface area contributed by atoms with Crippen molar-refractivity contribution >= 4 is 5.91 Å². The van der Waals surface area contributed by atoms with E-state index in [0.717, 1.165) is 43.9 Å². The van der Waals surface area contributed by atoms with Crippen LogP contribution < -0.4 is 5.32 Å². The Kier molecular flexibility index (Phi) is 8.64. The van der Waals surface area contributed by atoms with Crippen LogP contribution in [0.5, 0.6) is 0 Å². The zero-order valence-electron chi connectivity index (χ0n) is 19.4. The molecule has 3 rings (SSSR count). The summed E-state index contributed by atoms with van der Waals surface area (Å²) in [5.41, 5.74) is 3.45. The number of benzene rings is 2. The number of morpholine rings is 1. The second-order valence-electron chi connectivity index (χ2n) is 8.52. The summed E-state index contributed by atoms with van der Waals surface area (Å²) < 4.78 is 5.83. The maximum Gasteiger partial charge on any atom is 0.242 e. The molecule has 5 nitrogen and oxygen atoms in total. The average molecular weight is 424 g/mol. The maximum absolute atomic E-state index is 13.1. The van der Waals surface area contributed by atoms with E-state index in [2.05, 4.69) is 67.1 Å². The van der Waals surface area contributed by atoms with Crippen LogP contribution >= 0.6 is 0 Å². The summed E-state index contributed by atoms with van der Waals surface area (Å²) >= 11 is 0. The number of carbonyl (C=O) groups excluding carboxylic acids is 1. The van der Waals surface area contributed by atoms with E-state index in [0.29, 0.717) is 6.54 Å². The first kappa shape index (κ1) is 23.5. The molecule has 1 fully saturated rings. The molecule has 1 N–H and O–H groups in total. The van der Waals surface area contributed by atoms with Gasteiger partial charge in [-0.15, -0.1) is 0 Å². The van der Waals surface area contributed by atoms with Gasteiger partial charge in [0.25, 0.3) is 0 Å². The summed E-state index contributed by atoms with van der Waals surface area (Å²) in [6.45, 7) is 13.5. The number of ether oxygens (including phenoxy) is 1. The molecular weight excluding hydrogens is 386 g/mol. The van der Waals surface area contributed by atoms with E-state index >= 15 is 0 Å². The van der Waals surface area contributed by atoms with Crippen LogP contribution in [0.4, 0.5) is 0 Å². The highest BCUT2D eigenvalue weighted by atomic mass is 16.5. The minimum absolute atomic E-state index is 0.0512. The van der Waals surface area contributed by atoms with E-state index in [-0.39, 0.29) is 24.2 Å². The number of nitrogens with zero attached hydrogens (tertiary/aromatic N) is 2. The summed E-state index contributed by atoms with van der Waals surface area (Å²) in [6, 6.07) is 18.4. The summed E-state index contributed by atoms with van der Waals surface area (Å²) in [5, 5.41) is 3.15. The molecule has 3 atom stereocenters. The maximum atomic E-state index is 13.1. The van der Waals surface area contributed by atoms with Gasteiger partial charge in [0.15, 0.2) is 0 Å². The predicted octanol–water partition coefficient (Wildman–Crippen LogP) is 4.00. The minimum Gasteiger partial charge on any atom is -0.373 e. The van der Waals surface area contributed by atoms with Gasteiger partial charge in [-0.2, -0.15) is 0 Å². The van der Waals surface area contributed by atoms with Crippen molar-refractivity contribution in [2.75, 3.05) is 26.2 Å². The molecule has 1 aliphatic rings. The molecule has 5 heteroatoms. The van der Waals surface area contributed by atoms with Gasteiger partial charge in [-0.3, -0.25) is 14.6 Å². The highest BCUT2D eigenvalue weighted by molar-refractivity contribution is 5.83. The lowest BCUT2D eigenvalue weighted by Crippen LogP contribution is -2.44. The third-order valence-corrected chi connectivity index (χ3v) is 5.93. The van der Waals surface area contributed by atoms with E-state index in [1.807, 2.05) is 30.3 Å². The molecular formula is C26H37N3O2. The lowest BCUT2D eigenvalue weighted by atomic mass is 10.0. The molecule has 0 bridgehead atoms. The Morgan fingerprint density at radius 3 is 2.16 bits per heavy atom. The number of rotatable bonds is 9. The highest BCUT2D eigenvalue weighted by Crippen LogP contribution is 2.21. The molecule has 0 aromatic heterocycles. The van der Waals surface area contributed by atoms with E-state index in [4.69, 9.17) is 4.74 Å². The number of hydrogen-bond acceptors (Lipinski definition) is 4. The third-order valence-electron chi connectivity index (χ3n) is 5.93. The summed E-state index contributed by atoms with van der Waals surface area (Å²) in [4.78, 5) is 17.7. The van der Waals surface area contributed by atoms with Crippen molar-refractivity contribution in [2.45, 2.75) is 59.0 Å². The molecule has 0 spiro atoms. The topological polar surface area (TPSA) is 44.8 Å². The quantitative estimate of drug-likeness (QED) is 0.662. The molecule has 1 aliphatic heterocycles. The van der Waals surface area contributed by atoms with Gasteiger partial charge in [-0.05, 0) is 43.6 Å². The normalized spacial score (nSPS) is 20.5. The van der Waals surface area contributed by atoms with Crippen LogP contribution in [0.3, 0.4) is 0 Å². The van der Waals surface area contributed by atoms with Crippen molar-refractivity contribution in [1.82, 2.24) is 15.1 Å². The first-order valence-electron chi connectivity index (χ1n) is 11.5. The summed E-state index contributed by atoms with van der Waals surface area (Å²) in [5.74, 6) is 0.0512. The molecule has 2 aromatic rings. The van der Waals surface area contributed by atoms with Crippen LogP contribution in [0, 0.1) is 0 Å². The van der Waals surface area contributed by atoms with Crippen LogP contribution in [0.2, 0.25) is 0 Å². The second kappa shape index (κ2) is 11.4. The summed E-state index contributed by atoms with van der Waals surface area (Å²) in [6.07, 6.45) is 0.559. The first-order valence-corrected chi connectivity index (χ1v) is 11.5. The third kappa shape index (κ3) is 6.63. The van der Waals surface area contributed by atoms with Crippen molar-refractivity contribution in [3.8, 4) is 0 Å². The monoisotopic (exact) mass is 423 g/mol. The van der Waals surface area contributed by atoms with E-state index in [9.17, 15) is 4.79 Å². The summed E-state index contributed by atoms with van der Waals surface area (Å²) in [7, 11) is 0. The minimum atomic E-state index is -0.263. The zero-order valence-corrected chi connectivity index (χ0v) is 19.4. The fraction of sp³-hybridized carbons (Fsp3) is 0.500. The molecule has 3 unspecified atom stereocenters. The Morgan fingerprint density at radius 1 is 1.00 bits per heavy atom. The molecule has 0 radical (unpaired) electrons. The second-order valence-corrected chi connectivity index (χ2v) is 8.52. The number of carbonyl (C=O) groups is 1. The van der Waals surface area contributed by atoms with Crippen molar-refractivity contribution in [2.24, 2.45) is 0 Å². The van der Waals surface area contributed by atoms with Crippen molar-refractivity contribution in [3.63, 3.8) is 0 Å². The molecule has 1 amide bonds. The molecule has 1 saturated heterocycles. The van der Waals surface area contributed by atoms with Crippen molar-refractivity contribution in [3.05, 3.63) is 71.3 Å². The van der Waals surface area contributed by atoms with Gasteiger partial charge >= 0.3 is 0 Å². The predicted molar refractivity (Wildman–Crippen MR) is 126 cm³/mol. The van der Waals surface area contributed by atoms with Gasteiger partial charge < -0.3 is 10.1 Å². The molecule has 0 saturated carbocycles. The van der Waals surface area contributed by atoms with Crippen LogP contribution in [0.1, 0.15) is 50.4 Å². The molecule has 168 valence electrons. The standard InChI is InChI=1S/C26H37N3O2/c1-5-29(6-2)25(24-10-8-7-9-11-24)26(30)27-16-22-12-14-23(15-13-22)19-28-17-20(3)31-21(4)18-28/h7-15,20-21,25H,5-6,16-19H2,1-4H3,(H,27,30). The molecule has 2 aromatic carbocycles. The van der Waals surface area contributed by atoms with Gasteiger partial charge in [0.05, 0.1) is 12.2 Å². The zero-order chi connectivity index (χ0) is 22.2. The molecule has 1 heterocycles. The van der Waals surface area contributed by atoms with Crippen molar-refractivity contribution in [1.29, 1.82) is 0 Å². The number of hydrogen-bond donors (Lipinski definition) is 1. The van der Waals surface area contributed by atoms with Crippen molar-refractivity contribution < 1.29 is 9.53 Å². The van der Waals surface area contributed by atoms with Gasteiger partial charge in [0.2, 0.25) is 5.91 Å². The lowest BCUT2D eigenvalue weighted by Gasteiger charge is -2.35. The Morgan fingerprint density at radius 2 is 1.58 bits per heavy atom. The van der Waals surface area contributed by atoms with Gasteiger partial charge in [0, 0.05) is 26.2 Å². The molecule has 0 aliphatic carbocycles. The highest BCUT2D eigenvalue weighted by Gasteiger charge is 2.25. The van der Waals surface area contributed by atoms with Gasteiger partial charge in [-0.1, -0.05) is 68.4 Å². The lowest BCUT2D eigenvalue weighted by molar-refractivity contribution is -0.126.